The first-order valence-electron chi connectivity index (χ1n) is 6.51. The van der Waals surface area contributed by atoms with Gasteiger partial charge in [-0.15, -0.1) is 0 Å². The van der Waals surface area contributed by atoms with Gasteiger partial charge in [0.1, 0.15) is 5.78 Å². The SMILES string of the molecule is CC(=O)C(CC(C)C)N[C@H]1CC[C@H](N)CC1. The van der Waals surface area contributed by atoms with Crippen molar-refractivity contribution in [2.75, 3.05) is 0 Å². The highest BCUT2D eigenvalue weighted by molar-refractivity contribution is 5.81. The molecular weight excluding hydrogens is 200 g/mol. The third-order valence-corrected chi connectivity index (χ3v) is 3.41. The van der Waals surface area contributed by atoms with Gasteiger partial charge in [-0.1, -0.05) is 13.8 Å². The van der Waals surface area contributed by atoms with Crippen LogP contribution in [0, 0.1) is 5.92 Å². The average Bonchev–Trinajstić information content (AvgIpc) is 2.19. The second kappa shape index (κ2) is 6.36. The number of ketones is 1. The van der Waals surface area contributed by atoms with Crippen LogP contribution in [0.25, 0.3) is 0 Å². The third-order valence-electron chi connectivity index (χ3n) is 3.41. The summed E-state index contributed by atoms with van der Waals surface area (Å²) in [6.07, 6.45) is 5.35. The Hall–Kier alpha value is -0.410. The number of nitrogens with two attached hydrogens (primary N) is 1. The van der Waals surface area contributed by atoms with E-state index in [1.165, 1.54) is 0 Å². The Labute approximate surface area is 99.2 Å². The molecule has 0 aromatic rings. The smallest absolute Gasteiger partial charge is 0.146 e. The molecule has 0 bridgehead atoms. The fourth-order valence-corrected chi connectivity index (χ4v) is 2.39. The molecule has 94 valence electrons. The highest BCUT2D eigenvalue weighted by Crippen LogP contribution is 2.18. The molecule has 0 heterocycles. The monoisotopic (exact) mass is 226 g/mol. The number of carbonyl (C=O) groups is 1. The first-order chi connectivity index (χ1) is 7.49. The lowest BCUT2D eigenvalue weighted by molar-refractivity contribution is -0.119. The summed E-state index contributed by atoms with van der Waals surface area (Å²) in [5.41, 5.74) is 5.87. The van der Waals surface area contributed by atoms with E-state index < -0.39 is 0 Å². The van der Waals surface area contributed by atoms with Gasteiger partial charge in [0.2, 0.25) is 0 Å². The zero-order valence-electron chi connectivity index (χ0n) is 10.8. The highest BCUT2D eigenvalue weighted by atomic mass is 16.1. The summed E-state index contributed by atoms with van der Waals surface area (Å²) in [4.78, 5) is 11.5. The lowest BCUT2D eigenvalue weighted by Crippen LogP contribution is -2.46. The summed E-state index contributed by atoms with van der Waals surface area (Å²) >= 11 is 0. The molecule has 0 aromatic heterocycles. The first kappa shape index (κ1) is 13.7. The number of nitrogens with one attached hydrogen (secondary N) is 1. The molecule has 0 radical (unpaired) electrons. The molecule has 1 aliphatic rings. The fraction of sp³-hybridized carbons (Fsp3) is 0.923. The predicted molar refractivity (Wildman–Crippen MR) is 67.3 cm³/mol. The fourth-order valence-electron chi connectivity index (χ4n) is 2.39. The molecule has 1 saturated carbocycles. The van der Waals surface area contributed by atoms with Crippen LogP contribution < -0.4 is 11.1 Å². The number of Topliss-reactive ketones (excluding diaryl/α,β-unsaturated/α-hetero) is 1. The van der Waals surface area contributed by atoms with Gasteiger partial charge in [0.05, 0.1) is 6.04 Å². The molecule has 1 unspecified atom stereocenters. The van der Waals surface area contributed by atoms with Crippen molar-refractivity contribution >= 4 is 5.78 Å². The van der Waals surface area contributed by atoms with Crippen molar-refractivity contribution in [3.8, 4) is 0 Å². The van der Waals surface area contributed by atoms with E-state index >= 15 is 0 Å². The van der Waals surface area contributed by atoms with Gasteiger partial charge in [-0.2, -0.15) is 0 Å². The van der Waals surface area contributed by atoms with Crippen molar-refractivity contribution in [2.45, 2.75) is 71.0 Å². The van der Waals surface area contributed by atoms with Crippen molar-refractivity contribution in [1.29, 1.82) is 0 Å². The van der Waals surface area contributed by atoms with Crippen molar-refractivity contribution < 1.29 is 4.79 Å². The first-order valence-corrected chi connectivity index (χ1v) is 6.51. The summed E-state index contributed by atoms with van der Waals surface area (Å²) in [5, 5.41) is 3.50. The molecule has 1 atom stereocenters. The van der Waals surface area contributed by atoms with Crippen LogP contribution in [0.2, 0.25) is 0 Å². The summed E-state index contributed by atoms with van der Waals surface area (Å²) in [6.45, 7) is 6.01. The normalized spacial score (nSPS) is 28.1. The molecule has 3 heteroatoms. The number of rotatable bonds is 5. The zero-order chi connectivity index (χ0) is 12.1. The number of hydrogen-bond acceptors (Lipinski definition) is 3. The van der Waals surface area contributed by atoms with E-state index in [0.717, 1.165) is 32.1 Å². The van der Waals surface area contributed by atoms with E-state index in [2.05, 4.69) is 19.2 Å². The maximum Gasteiger partial charge on any atom is 0.146 e. The van der Waals surface area contributed by atoms with E-state index in [0.29, 0.717) is 18.0 Å². The number of carbonyl (C=O) groups excluding carboxylic acids is 1. The van der Waals surface area contributed by atoms with Gasteiger partial charge in [-0.05, 0) is 44.9 Å². The van der Waals surface area contributed by atoms with Gasteiger partial charge in [0.15, 0.2) is 0 Å². The van der Waals surface area contributed by atoms with Crippen LogP contribution in [0.15, 0.2) is 0 Å². The Bertz CT molecular complexity index is 220. The van der Waals surface area contributed by atoms with Crippen molar-refractivity contribution in [3.63, 3.8) is 0 Å². The summed E-state index contributed by atoms with van der Waals surface area (Å²) in [7, 11) is 0. The average molecular weight is 226 g/mol. The Morgan fingerprint density at radius 3 is 2.31 bits per heavy atom. The Morgan fingerprint density at radius 1 is 1.31 bits per heavy atom. The lowest BCUT2D eigenvalue weighted by Gasteiger charge is -2.30. The van der Waals surface area contributed by atoms with Crippen LogP contribution in [0.3, 0.4) is 0 Å². The van der Waals surface area contributed by atoms with Crippen molar-refractivity contribution in [2.24, 2.45) is 11.7 Å². The molecule has 3 nitrogen and oxygen atoms in total. The zero-order valence-corrected chi connectivity index (χ0v) is 10.8. The van der Waals surface area contributed by atoms with Crippen LogP contribution in [-0.4, -0.2) is 23.9 Å². The molecule has 1 aliphatic carbocycles. The molecule has 3 N–H and O–H groups in total. The maximum atomic E-state index is 11.5. The molecule has 0 aliphatic heterocycles. The second-order valence-electron chi connectivity index (χ2n) is 5.57. The highest BCUT2D eigenvalue weighted by Gasteiger charge is 2.23. The minimum atomic E-state index is 0.0410. The number of hydrogen-bond donors (Lipinski definition) is 2. The van der Waals surface area contributed by atoms with E-state index in [1.807, 2.05) is 0 Å². The minimum absolute atomic E-state index is 0.0410. The molecule has 1 rings (SSSR count). The van der Waals surface area contributed by atoms with E-state index in [4.69, 9.17) is 5.73 Å². The molecule has 16 heavy (non-hydrogen) atoms. The predicted octanol–water partition coefficient (Wildman–Crippen LogP) is 1.85. The Balaban J connectivity index is 2.39. The van der Waals surface area contributed by atoms with E-state index in [9.17, 15) is 4.79 Å². The Morgan fingerprint density at radius 2 is 1.88 bits per heavy atom. The second-order valence-corrected chi connectivity index (χ2v) is 5.57. The van der Waals surface area contributed by atoms with Gasteiger partial charge in [0, 0.05) is 12.1 Å². The standard InChI is InChI=1S/C13H26N2O/c1-9(2)8-13(10(3)16)15-12-6-4-11(14)5-7-12/h9,11-13,15H,4-8,14H2,1-3H3/t11-,12-,13?. The minimum Gasteiger partial charge on any atom is -0.328 e. The molecule has 0 saturated heterocycles. The van der Waals surface area contributed by atoms with Gasteiger partial charge in [0.25, 0.3) is 0 Å². The van der Waals surface area contributed by atoms with Crippen LogP contribution >= 0.6 is 0 Å². The van der Waals surface area contributed by atoms with Gasteiger partial charge < -0.3 is 11.1 Å². The van der Waals surface area contributed by atoms with Crippen molar-refractivity contribution in [3.05, 3.63) is 0 Å². The quantitative estimate of drug-likeness (QED) is 0.752. The van der Waals surface area contributed by atoms with Crippen LogP contribution in [0.5, 0.6) is 0 Å². The summed E-state index contributed by atoms with van der Waals surface area (Å²) < 4.78 is 0. The molecule has 0 spiro atoms. The van der Waals surface area contributed by atoms with Gasteiger partial charge in [-0.25, -0.2) is 0 Å². The van der Waals surface area contributed by atoms with Crippen LogP contribution in [-0.2, 0) is 4.79 Å². The summed E-state index contributed by atoms with van der Waals surface area (Å²) in [5.74, 6) is 0.829. The largest absolute Gasteiger partial charge is 0.328 e. The van der Waals surface area contributed by atoms with Gasteiger partial charge in [-0.3, -0.25) is 4.79 Å². The van der Waals surface area contributed by atoms with E-state index in [1.54, 1.807) is 6.92 Å². The van der Waals surface area contributed by atoms with Crippen LogP contribution in [0.1, 0.15) is 52.9 Å². The van der Waals surface area contributed by atoms with Gasteiger partial charge >= 0.3 is 0 Å². The molecule has 1 fully saturated rings. The molecular formula is C13H26N2O. The van der Waals surface area contributed by atoms with E-state index in [-0.39, 0.29) is 11.8 Å². The van der Waals surface area contributed by atoms with Crippen LogP contribution in [0.4, 0.5) is 0 Å². The lowest BCUT2D eigenvalue weighted by atomic mass is 9.90. The third kappa shape index (κ3) is 4.62. The molecule has 0 aromatic carbocycles. The van der Waals surface area contributed by atoms with Crippen molar-refractivity contribution in [1.82, 2.24) is 5.32 Å². The maximum absolute atomic E-state index is 11.5. The molecule has 0 amide bonds. The topological polar surface area (TPSA) is 55.1 Å². The Kier molecular flexibility index (Phi) is 5.42. The summed E-state index contributed by atoms with van der Waals surface area (Å²) in [6, 6.07) is 0.908.